The van der Waals surface area contributed by atoms with E-state index in [1.165, 1.54) is 0 Å². The Bertz CT molecular complexity index is 938. The maximum absolute atomic E-state index is 13.2. The molecule has 1 aliphatic rings. The zero-order valence-electron chi connectivity index (χ0n) is 14.6. The van der Waals surface area contributed by atoms with Crippen molar-refractivity contribution in [3.05, 3.63) is 59.9 Å². The Labute approximate surface area is 151 Å². The summed E-state index contributed by atoms with van der Waals surface area (Å²) >= 11 is 0. The Hall–Kier alpha value is -2.73. The summed E-state index contributed by atoms with van der Waals surface area (Å²) in [6, 6.07) is 15.5. The molecule has 0 unspecified atom stereocenters. The number of para-hydroxylation sites is 1. The molecule has 0 aliphatic carbocycles. The van der Waals surface area contributed by atoms with Crippen molar-refractivity contribution in [2.24, 2.45) is 0 Å². The maximum atomic E-state index is 13.2. The first-order valence-electron chi connectivity index (χ1n) is 8.82. The average Bonchev–Trinajstić information content (AvgIpc) is 3.21. The molecule has 6 heteroatoms. The van der Waals surface area contributed by atoms with Crippen LogP contribution >= 0.6 is 0 Å². The fraction of sp³-hybridized carbons (Fsp3) is 0.300. The largest absolute Gasteiger partial charge is 0.350 e. The van der Waals surface area contributed by atoms with Crippen molar-refractivity contribution in [1.29, 1.82) is 0 Å². The molecule has 134 valence electrons. The Balaban J connectivity index is 1.55. The van der Waals surface area contributed by atoms with Gasteiger partial charge in [0.15, 0.2) is 0 Å². The molecule has 1 amide bonds. The van der Waals surface area contributed by atoms with Crippen molar-refractivity contribution in [2.45, 2.75) is 25.6 Å². The van der Waals surface area contributed by atoms with Crippen LogP contribution in [0.1, 0.15) is 22.6 Å². The third-order valence-corrected chi connectivity index (χ3v) is 4.78. The number of aryl methyl sites for hydroxylation is 1. The zero-order valence-corrected chi connectivity index (χ0v) is 14.6. The van der Waals surface area contributed by atoms with E-state index < -0.39 is 6.17 Å². The Morgan fingerprint density at radius 3 is 2.85 bits per heavy atom. The predicted octanol–water partition coefficient (Wildman–Crippen LogP) is 2.76. The molecular weight excluding hydrogens is 331 g/mol. The van der Waals surface area contributed by atoms with Crippen molar-refractivity contribution in [3.8, 4) is 5.69 Å². The molecule has 5 nitrogen and oxygen atoms in total. The van der Waals surface area contributed by atoms with Gasteiger partial charge in [-0.2, -0.15) is 0 Å². The van der Waals surface area contributed by atoms with Gasteiger partial charge in [-0.15, -0.1) is 0 Å². The molecule has 1 saturated heterocycles. The van der Waals surface area contributed by atoms with Gasteiger partial charge in [-0.3, -0.25) is 9.36 Å². The molecule has 2 aromatic carbocycles. The Kier molecular flexibility index (Phi) is 4.42. The summed E-state index contributed by atoms with van der Waals surface area (Å²) in [5, 5.41) is 5.94. The topological polar surface area (TPSA) is 59.0 Å². The van der Waals surface area contributed by atoms with Crippen LogP contribution in [0.2, 0.25) is 0 Å². The standard InChI is InChI=1S/C20H21FN4O/c1-13-24-18-9-14(20(26)23-12-16-10-15(21)11-22-16)7-8-19(18)25(13)17-5-3-2-4-6-17/h2-9,15-16,22H,10-12H2,1H3,(H,23,26)/t15-,16-/m0/s1. The number of alkyl halides is 1. The Morgan fingerprint density at radius 2 is 2.12 bits per heavy atom. The van der Waals surface area contributed by atoms with Crippen LogP contribution in [0, 0.1) is 6.92 Å². The lowest BCUT2D eigenvalue weighted by atomic mass is 10.1. The predicted molar refractivity (Wildman–Crippen MR) is 99.4 cm³/mol. The van der Waals surface area contributed by atoms with Gasteiger partial charge in [0.1, 0.15) is 12.0 Å². The van der Waals surface area contributed by atoms with Crippen molar-refractivity contribution in [1.82, 2.24) is 20.2 Å². The van der Waals surface area contributed by atoms with E-state index in [1.54, 1.807) is 12.1 Å². The SMILES string of the molecule is Cc1nc2cc(C(=O)NC[C@@H]3C[C@H](F)CN3)ccc2n1-c1ccccc1. The lowest BCUT2D eigenvalue weighted by Crippen LogP contribution is -2.37. The second-order valence-corrected chi connectivity index (χ2v) is 6.68. The summed E-state index contributed by atoms with van der Waals surface area (Å²) in [5.74, 6) is 0.704. The van der Waals surface area contributed by atoms with Crippen LogP contribution in [0.25, 0.3) is 16.7 Å². The molecular formula is C20H21FN4O. The molecule has 3 aromatic rings. The summed E-state index contributed by atoms with van der Waals surface area (Å²) in [6.07, 6.45) is -0.377. The summed E-state index contributed by atoms with van der Waals surface area (Å²) in [5.41, 5.74) is 3.34. The van der Waals surface area contributed by atoms with Crippen molar-refractivity contribution < 1.29 is 9.18 Å². The first-order valence-corrected chi connectivity index (χ1v) is 8.82. The lowest BCUT2D eigenvalue weighted by Gasteiger charge is -2.11. The van der Waals surface area contributed by atoms with Crippen molar-refractivity contribution in [3.63, 3.8) is 0 Å². The second-order valence-electron chi connectivity index (χ2n) is 6.68. The molecule has 0 saturated carbocycles. The van der Waals surface area contributed by atoms with Gasteiger partial charge in [0, 0.05) is 30.4 Å². The van der Waals surface area contributed by atoms with Crippen LogP contribution in [-0.4, -0.2) is 40.8 Å². The van der Waals surface area contributed by atoms with Crippen LogP contribution in [-0.2, 0) is 0 Å². The maximum Gasteiger partial charge on any atom is 0.251 e. The number of hydrogen-bond acceptors (Lipinski definition) is 3. The van der Waals surface area contributed by atoms with Gasteiger partial charge >= 0.3 is 0 Å². The molecule has 0 bridgehead atoms. The number of hydrogen-bond donors (Lipinski definition) is 2. The minimum atomic E-state index is -0.821. The fourth-order valence-electron chi connectivity index (χ4n) is 3.49. The first kappa shape index (κ1) is 16.7. The number of nitrogens with zero attached hydrogens (tertiary/aromatic N) is 2. The minimum absolute atomic E-state index is 0.00258. The number of amides is 1. The first-order chi connectivity index (χ1) is 12.6. The van der Waals surface area contributed by atoms with Crippen LogP contribution in [0.15, 0.2) is 48.5 Å². The van der Waals surface area contributed by atoms with Crippen LogP contribution in [0.4, 0.5) is 4.39 Å². The number of nitrogens with one attached hydrogen (secondary N) is 2. The van der Waals surface area contributed by atoms with Crippen LogP contribution in [0.5, 0.6) is 0 Å². The molecule has 4 rings (SSSR count). The number of benzene rings is 2. The fourth-order valence-corrected chi connectivity index (χ4v) is 3.49. The third kappa shape index (κ3) is 3.20. The molecule has 1 fully saturated rings. The van der Waals surface area contributed by atoms with E-state index in [1.807, 2.05) is 43.3 Å². The molecule has 2 atom stereocenters. The molecule has 0 spiro atoms. The van der Waals surface area contributed by atoms with Gasteiger partial charge in [-0.05, 0) is 43.7 Å². The quantitative estimate of drug-likeness (QED) is 0.759. The summed E-state index contributed by atoms with van der Waals surface area (Å²) in [6.45, 7) is 2.74. The Morgan fingerprint density at radius 1 is 1.31 bits per heavy atom. The van der Waals surface area contributed by atoms with Gasteiger partial charge in [0.05, 0.1) is 11.0 Å². The van der Waals surface area contributed by atoms with Crippen LogP contribution < -0.4 is 10.6 Å². The summed E-state index contributed by atoms with van der Waals surface area (Å²) < 4.78 is 15.3. The van der Waals surface area contributed by atoms with Gasteiger partial charge in [-0.1, -0.05) is 18.2 Å². The third-order valence-electron chi connectivity index (χ3n) is 4.78. The highest BCUT2D eigenvalue weighted by molar-refractivity contribution is 5.97. The highest BCUT2D eigenvalue weighted by Crippen LogP contribution is 2.22. The van der Waals surface area contributed by atoms with E-state index in [0.717, 1.165) is 22.5 Å². The minimum Gasteiger partial charge on any atom is -0.350 e. The molecule has 1 aromatic heterocycles. The smallest absolute Gasteiger partial charge is 0.251 e. The molecule has 0 radical (unpaired) electrons. The van der Waals surface area contributed by atoms with E-state index in [0.29, 0.717) is 25.1 Å². The number of fused-ring (bicyclic) bond motifs is 1. The highest BCUT2D eigenvalue weighted by Gasteiger charge is 2.23. The zero-order chi connectivity index (χ0) is 18.1. The molecule has 1 aliphatic heterocycles. The van der Waals surface area contributed by atoms with Gasteiger partial charge in [-0.25, -0.2) is 9.37 Å². The van der Waals surface area contributed by atoms with Gasteiger partial charge in [0.25, 0.3) is 5.91 Å². The number of imidazole rings is 1. The van der Waals surface area contributed by atoms with E-state index in [9.17, 15) is 9.18 Å². The monoisotopic (exact) mass is 352 g/mol. The second kappa shape index (κ2) is 6.88. The molecule has 2 N–H and O–H groups in total. The number of rotatable bonds is 4. The van der Waals surface area contributed by atoms with E-state index >= 15 is 0 Å². The number of halogens is 1. The molecule has 2 heterocycles. The van der Waals surface area contributed by atoms with Crippen molar-refractivity contribution >= 4 is 16.9 Å². The molecule has 26 heavy (non-hydrogen) atoms. The van der Waals surface area contributed by atoms with Gasteiger partial charge < -0.3 is 10.6 Å². The summed E-state index contributed by atoms with van der Waals surface area (Å²) in [7, 11) is 0. The van der Waals surface area contributed by atoms with E-state index in [2.05, 4.69) is 20.2 Å². The lowest BCUT2D eigenvalue weighted by molar-refractivity contribution is 0.0950. The number of carbonyl (C=O) groups is 1. The van der Waals surface area contributed by atoms with Crippen LogP contribution in [0.3, 0.4) is 0 Å². The average molecular weight is 352 g/mol. The highest BCUT2D eigenvalue weighted by atomic mass is 19.1. The van der Waals surface area contributed by atoms with Crippen molar-refractivity contribution in [2.75, 3.05) is 13.1 Å². The van der Waals surface area contributed by atoms with E-state index in [-0.39, 0.29) is 11.9 Å². The number of carbonyl (C=O) groups excluding carboxylic acids is 1. The number of aromatic nitrogens is 2. The normalized spacial score (nSPS) is 19.8. The summed E-state index contributed by atoms with van der Waals surface area (Å²) in [4.78, 5) is 17.0. The van der Waals surface area contributed by atoms with Gasteiger partial charge in [0.2, 0.25) is 0 Å². The van der Waals surface area contributed by atoms with E-state index in [4.69, 9.17) is 0 Å².